The van der Waals surface area contributed by atoms with E-state index < -0.39 is 0 Å². The van der Waals surface area contributed by atoms with Gasteiger partial charge in [0.25, 0.3) is 0 Å². The number of nitrogens with zero attached hydrogens (tertiary/aromatic N) is 1. The molecular weight excluding hydrogens is 379 g/mol. The maximum atomic E-state index is 6.04. The van der Waals surface area contributed by atoms with Crippen LogP contribution in [0.3, 0.4) is 0 Å². The summed E-state index contributed by atoms with van der Waals surface area (Å²) in [6, 6.07) is 9.38. The second kappa shape index (κ2) is 8.21. The fraction of sp³-hybridized carbons (Fsp3) is 0.278. The average molecular weight is 397 g/mol. The molecule has 1 N–H and O–H groups in total. The molecule has 0 aliphatic carbocycles. The van der Waals surface area contributed by atoms with Gasteiger partial charge in [-0.2, -0.15) is 0 Å². The van der Waals surface area contributed by atoms with Gasteiger partial charge in [-0.1, -0.05) is 53.7 Å². The van der Waals surface area contributed by atoms with E-state index >= 15 is 0 Å². The number of hydrogen-bond acceptors (Lipinski definition) is 5. The van der Waals surface area contributed by atoms with Crippen molar-refractivity contribution in [2.24, 2.45) is 0 Å². The van der Waals surface area contributed by atoms with Crippen LogP contribution in [0.1, 0.15) is 24.5 Å². The normalized spacial score (nSPS) is 11.0. The van der Waals surface area contributed by atoms with E-state index in [-0.39, 0.29) is 0 Å². The molecule has 7 heteroatoms. The van der Waals surface area contributed by atoms with Crippen molar-refractivity contribution in [2.45, 2.75) is 26.4 Å². The highest BCUT2D eigenvalue weighted by Crippen LogP contribution is 2.30. The van der Waals surface area contributed by atoms with E-state index in [1.165, 1.54) is 17.5 Å². The molecule has 0 saturated heterocycles. The van der Waals surface area contributed by atoms with Gasteiger partial charge in [-0.3, -0.25) is 0 Å². The lowest BCUT2D eigenvalue weighted by Crippen LogP contribution is -2.01. The molecule has 0 radical (unpaired) electrons. The summed E-state index contributed by atoms with van der Waals surface area (Å²) >= 11 is 13.5. The number of anilines is 1. The zero-order chi connectivity index (χ0) is 17.8. The van der Waals surface area contributed by atoms with E-state index in [1.807, 2.05) is 12.3 Å². The molecule has 1 aromatic heterocycles. The van der Waals surface area contributed by atoms with Gasteiger partial charge in [-0.25, -0.2) is 0 Å². The Morgan fingerprint density at radius 2 is 2.00 bits per heavy atom. The molecule has 0 fully saturated rings. The van der Waals surface area contributed by atoms with E-state index in [1.54, 1.807) is 18.2 Å². The molecule has 0 bridgehead atoms. The van der Waals surface area contributed by atoms with Gasteiger partial charge in [0, 0.05) is 12.3 Å². The van der Waals surface area contributed by atoms with Crippen LogP contribution in [-0.4, -0.2) is 11.4 Å². The predicted octanol–water partition coefficient (Wildman–Crippen LogP) is 6.36. The molecule has 1 heterocycles. The van der Waals surface area contributed by atoms with Crippen LogP contribution in [0, 0.1) is 0 Å². The van der Waals surface area contributed by atoms with E-state index in [4.69, 9.17) is 32.5 Å². The van der Waals surface area contributed by atoms with Crippen molar-refractivity contribution in [1.29, 1.82) is 0 Å². The van der Waals surface area contributed by atoms with Gasteiger partial charge >= 0.3 is 0 Å². The number of ether oxygens (including phenoxy) is 1. The molecule has 0 atom stereocenters. The third-order valence-corrected chi connectivity index (χ3v) is 4.93. The van der Waals surface area contributed by atoms with Crippen molar-refractivity contribution in [3.63, 3.8) is 0 Å². The first-order chi connectivity index (χ1) is 12.1. The Morgan fingerprint density at radius 3 is 2.72 bits per heavy atom. The standard InChI is InChI=1S/C18H18Cl2N2O2S/c1-3-4-11-7-14-17(24-21-18(14)22-25-2)8-12(11)10-23-13-5-6-15(19)16(20)9-13/h5-9H,3-4,10H2,1-2H3,(H,21,22). The number of aryl methyl sites for hydroxylation is 1. The highest BCUT2D eigenvalue weighted by Gasteiger charge is 2.13. The molecule has 0 spiro atoms. The number of rotatable bonds is 7. The van der Waals surface area contributed by atoms with Crippen molar-refractivity contribution in [3.05, 3.63) is 51.5 Å². The Bertz CT molecular complexity index is 883. The van der Waals surface area contributed by atoms with Crippen molar-refractivity contribution in [1.82, 2.24) is 5.16 Å². The van der Waals surface area contributed by atoms with Crippen molar-refractivity contribution in [2.75, 3.05) is 11.0 Å². The second-order valence-corrected chi connectivity index (χ2v) is 7.00. The molecule has 0 saturated carbocycles. The first kappa shape index (κ1) is 18.2. The maximum absolute atomic E-state index is 6.04. The Hall–Kier alpha value is -1.56. The fourth-order valence-electron chi connectivity index (χ4n) is 2.61. The molecular formula is C18H18Cl2N2O2S. The first-order valence-corrected chi connectivity index (χ1v) is 9.88. The van der Waals surface area contributed by atoms with Crippen LogP contribution < -0.4 is 9.46 Å². The number of hydrogen-bond donors (Lipinski definition) is 1. The van der Waals surface area contributed by atoms with Crippen LogP contribution in [0.15, 0.2) is 34.9 Å². The van der Waals surface area contributed by atoms with E-state index in [2.05, 4.69) is 22.9 Å². The summed E-state index contributed by atoms with van der Waals surface area (Å²) in [6.07, 6.45) is 3.95. The van der Waals surface area contributed by atoms with Crippen molar-refractivity contribution < 1.29 is 9.26 Å². The number of benzene rings is 2. The van der Waals surface area contributed by atoms with E-state index in [0.717, 1.165) is 35.2 Å². The molecule has 2 aromatic carbocycles. The minimum Gasteiger partial charge on any atom is -0.489 e. The zero-order valence-corrected chi connectivity index (χ0v) is 16.3. The summed E-state index contributed by atoms with van der Waals surface area (Å²) in [5, 5.41) is 6.06. The smallest absolute Gasteiger partial charge is 0.187 e. The third-order valence-electron chi connectivity index (χ3n) is 3.80. The Morgan fingerprint density at radius 1 is 1.16 bits per heavy atom. The van der Waals surface area contributed by atoms with Crippen LogP contribution in [0.2, 0.25) is 10.0 Å². The monoisotopic (exact) mass is 396 g/mol. The zero-order valence-electron chi connectivity index (χ0n) is 13.9. The second-order valence-electron chi connectivity index (χ2n) is 5.57. The summed E-state index contributed by atoms with van der Waals surface area (Å²) < 4.78 is 14.5. The average Bonchev–Trinajstić information content (AvgIpc) is 2.98. The number of halogens is 2. The van der Waals surface area contributed by atoms with Crippen LogP contribution >= 0.6 is 35.1 Å². The largest absolute Gasteiger partial charge is 0.489 e. The minimum atomic E-state index is 0.426. The lowest BCUT2D eigenvalue weighted by Gasteiger charge is -2.11. The predicted molar refractivity (Wildman–Crippen MR) is 106 cm³/mol. The van der Waals surface area contributed by atoms with Gasteiger partial charge < -0.3 is 14.0 Å². The van der Waals surface area contributed by atoms with Crippen LogP contribution in [0.4, 0.5) is 5.82 Å². The summed E-state index contributed by atoms with van der Waals surface area (Å²) in [6.45, 7) is 2.58. The fourth-order valence-corrected chi connectivity index (χ4v) is 3.23. The van der Waals surface area contributed by atoms with Crippen LogP contribution in [0.5, 0.6) is 5.75 Å². The number of aromatic nitrogens is 1. The summed E-state index contributed by atoms with van der Waals surface area (Å²) in [5.74, 6) is 1.43. The minimum absolute atomic E-state index is 0.426. The Kier molecular flexibility index (Phi) is 5.99. The number of nitrogens with one attached hydrogen (secondary N) is 1. The number of fused-ring (bicyclic) bond motifs is 1. The molecule has 3 rings (SSSR count). The summed E-state index contributed by atoms with van der Waals surface area (Å²) in [5.41, 5.74) is 3.04. The Labute approximate surface area is 160 Å². The van der Waals surface area contributed by atoms with Crippen molar-refractivity contribution in [3.8, 4) is 5.75 Å². The van der Waals surface area contributed by atoms with Gasteiger partial charge in [0.15, 0.2) is 11.4 Å². The maximum Gasteiger partial charge on any atom is 0.187 e. The van der Waals surface area contributed by atoms with Crippen LogP contribution in [0.25, 0.3) is 11.0 Å². The van der Waals surface area contributed by atoms with Crippen LogP contribution in [-0.2, 0) is 13.0 Å². The first-order valence-electron chi connectivity index (χ1n) is 7.90. The molecule has 4 nitrogen and oxygen atoms in total. The lowest BCUT2D eigenvalue weighted by molar-refractivity contribution is 0.305. The van der Waals surface area contributed by atoms with Gasteiger partial charge in [0.2, 0.25) is 0 Å². The van der Waals surface area contributed by atoms with Crippen molar-refractivity contribution >= 4 is 51.9 Å². The summed E-state index contributed by atoms with van der Waals surface area (Å²) in [4.78, 5) is 0. The molecule has 0 amide bonds. The topological polar surface area (TPSA) is 47.3 Å². The molecule has 0 unspecified atom stereocenters. The van der Waals surface area contributed by atoms with Gasteiger partial charge in [-0.05, 0) is 41.8 Å². The summed E-state index contributed by atoms with van der Waals surface area (Å²) in [7, 11) is 0. The quantitative estimate of drug-likeness (QED) is 0.471. The van der Waals surface area contributed by atoms with Gasteiger partial charge in [-0.15, -0.1) is 0 Å². The molecule has 0 aliphatic rings. The molecule has 132 valence electrons. The Balaban J connectivity index is 1.88. The third kappa shape index (κ3) is 4.17. The lowest BCUT2D eigenvalue weighted by atomic mass is 10.0. The molecule has 3 aromatic rings. The SMILES string of the molecule is CCCc1cc2c(NSC)noc2cc1COc1ccc(Cl)c(Cl)c1. The van der Waals surface area contributed by atoms with Gasteiger partial charge in [0.05, 0.1) is 15.4 Å². The molecule has 25 heavy (non-hydrogen) atoms. The van der Waals surface area contributed by atoms with Gasteiger partial charge in [0.1, 0.15) is 12.4 Å². The van der Waals surface area contributed by atoms with E-state index in [9.17, 15) is 0 Å². The highest BCUT2D eigenvalue weighted by atomic mass is 35.5. The molecule has 0 aliphatic heterocycles. The highest BCUT2D eigenvalue weighted by molar-refractivity contribution is 7.99. The van der Waals surface area contributed by atoms with E-state index in [0.29, 0.717) is 22.4 Å².